The Kier molecular flexibility index (Phi) is 6.46. The van der Waals surface area contributed by atoms with Crippen molar-refractivity contribution >= 4 is 43.5 Å². The highest BCUT2D eigenvalue weighted by atomic mass is 16.3. The molecule has 4 nitrogen and oxygen atoms in total. The minimum Gasteiger partial charge on any atom is -0.454 e. The van der Waals surface area contributed by atoms with Crippen LogP contribution in [0.1, 0.15) is 0 Å². The fourth-order valence-electron chi connectivity index (χ4n) is 7.22. The number of nitrogens with zero attached hydrogens (tertiary/aromatic N) is 3. The maximum atomic E-state index is 6.31. The van der Waals surface area contributed by atoms with E-state index in [0.717, 1.165) is 44.7 Å². The summed E-state index contributed by atoms with van der Waals surface area (Å²) in [5, 5.41) is 5.99. The minimum atomic E-state index is 0.643. The molecule has 0 unspecified atom stereocenters. The SMILES string of the molecule is c1ccc2oc(-c3cc(-c4ccc(-c5cccc6ccccc56)cc4)nc(-c4ccc(-n5c6ccccc6c6ccccc65)cc4)n3)cc2c1. The molecule has 0 bridgehead atoms. The van der Waals surface area contributed by atoms with Gasteiger partial charge in [0.15, 0.2) is 11.6 Å². The third kappa shape index (κ3) is 4.69. The highest BCUT2D eigenvalue weighted by Crippen LogP contribution is 2.35. The van der Waals surface area contributed by atoms with E-state index in [2.05, 4.69) is 156 Å². The second-order valence-electron chi connectivity index (χ2n) is 12.6. The molecule has 0 spiro atoms. The van der Waals surface area contributed by atoms with Crippen LogP contribution < -0.4 is 0 Å². The van der Waals surface area contributed by atoms with E-state index in [1.54, 1.807) is 0 Å². The predicted molar refractivity (Wildman–Crippen MR) is 205 cm³/mol. The Morgan fingerprint density at radius 2 is 1.00 bits per heavy atom. The van der Waals surface area contributed by atoms with Crippen molar-refractivity contribution in [2.75, 3.05) is 0 Å². The lowest BCUT2D eigenvalue weighted by Gasteiger charge is -2.11. The Hall–Kier alpha value is -6.78. The van der Waals surface area contributed by atoms with Gasteiger partial charge in [-0.1, -0.05) is 121 Å². The summed E-state index contributed by atoms with van der Waals surface area (Å²) in [5.41, 5.74) is 10.2. The molecule has 0 saturated heterocycles. The normalized spacial score (nSPS) is 11.6. The largest absolute Gasteiger partial charge is 0.454 e. The monoisotopic (exact) mass is 639 g/mol. The first-order valence-corrected chi connectivity index (χ1v) is 16.8. The van der Waals surface area contributed by atoms with Crippen LogP contribution in [0.25, 0.3) is 94.5 Å². The number of aromatic nitrogens is 3. The Morgan fingerprint density at radius 3 is 1.74 bits per heavy atom. The molecule has 0 aliphatic carbocycles. The van der Waals surface area contributed by atoms with Crippen molar-refractivity contribution in [1.82, 2.24) is 14.5 Å². The Morgan fingerprint density at radius 1 is 0.420 bits per heavy atom. The second-order valence-corrected chi connectivity index (χ2v) is 12.6. The van der Waals surface area contributed by atoms with Crippen molar-refractivity contribution < 1.29 is 4.42 Å². The first-order valence-electron chi connectivity index (χ1n) is 16.8. The Bertz CT molecular complexity index is 2770. The van der Waals surface area contributed by atoms with Crippen molar-refractivity contribution in [2.45, 2.75) is 0 Å². The zero-order chi connectivity index (χ0) is 33.0. The summed E-state index contributed by atoms with van der Waals surface area (Å²) < 4.78 is 8.63. The molecular formula is C46H29N3O. The number of furan rings is 1. The van der Waals surface area contributed by atoms with Crippen molar-refractivity contribution in [3.05, 3.63) is 176 Å². The van der Waals surface area contributed by atoms with Gasteiger partial charge in [0.1, 0.15) is 11.3 Å². The van der Waals surface area contributed by atoms with Gasteiger partial charge < -0.3 is 8.98 Å². The van der Waals surface area contributed by atoms with E-state index in [1.165, 1.54) is 38.1 Å². The lowest BCUT2D eigenvalue weighted by molar-refractivity contribution is 0.628. The summed E-state index contributed by atoms with van der Waals surface area (Å²) in [7, 11) is 0. The number of para-hydroxylation sites is 3. The van der Waals surface area contributed by atoms with Crippen LogP contribution >= 0.6 is 0 Å². The summed E-state index contributed by atoms with van der Waals surface area (Å²) in [6.07, 6.45) is 0. The molecule has 50 heavy (non-hydrogen) atoms. The van der Waals surface area contributed by atoms with Gasteiger partial charge in [-0.25, -0.2) is 9.97 Å². The topological polar surface area (TPSA) is 43.9 Å². The van der Waals surface area contributed by atoms with Crippen LogP contribution in [0.2, 0.25) is 0 Å². The zero-order valence-electron chi connectivity index (χ0n) is 27.0. The quantitative estimate of drug-likeness (QED) is 0.188. The van der Waals surface area contributed by atoms with E-state index in [1.807, 2.05) is 24.3 Å². The van der Waals surface area contributed by atoms with E-state index in [-0.39, 0.29) is 0 Å². The molecule has 10 rings (SSSR count). The van der Waals surface area contributed by atoms with Gasteiger partial charge in [-0.15, -0.1) is 0 Å². The number of hydrogen-bond acceptors (Lipinski definition) is 3. The summed E-state index contributed by atoms with van der Waals surface area (Å²) in [6.45, 7) is 0. The molecule has 0 aliphatic rings. The molecule has 234 valence electrons. The van der Waals surface area contributed by atoms with Gasteiger partial charge in [0.05, 0.1) is 16.7 Å². The van der Waals surface area contributed by atoms with Crippen molar-refractivity contribution in [1.29, 1.82) is 0 Å². The third-order valence-electron chi connectivity index (χ3n) is 9.65. The molecule has 0 atom stereocenters. The van der Waals surface area contributed by atoms with Crippen molar-refractivity contribution in [3.63, 3.8) is 0 Å². The molecular weight excluding hydrogens is 611 g/mol. The molecule has 0 N–H and O–H groups in total. The van der Waals surface area contributed by atoms with Crippen LogP contribution in [0.15, 0.2) is 180 Å². The van der Waals surface area contributed by atoms with Crippen LogP contribution in [-0.4, -0.2) is 14.5 Å². The highest BCUT2D eigenvalue weighted by molar-refractivity contribution is 6.09. The lowest BCUT2D eigenvalue weighted by atomic mass is 9.97. The van der Waals surface area contributed by atoms with Gasteiger partial charge in [-0.05, 0) is 76.5 Å². The zero-order valence-corrected chi connectivity index (χ0v) is 27.0. The standard InChI is InChI=1S/C46H29N3O/c1-3-13-36-30(10-1)12-9-16-37(36)31-20-22-32(23-21-31)40-29-41(45-28-34-11-2-8-19-44(34)50-45)48-46(47-40)33-24-26-35(27-25-33)49-42-17-6-4-14-38(42)39-15-5-7-18-43(39)49/h1-29H. The van der Waals surface area contributed by atoms with Crippen molar-refractivity contribution in [3.8, 4) is 50.9 Å². The number of hydrogen-bond donors (Lipinski definition) is 0. The smallest absolute Gasteiger partial charge is 0.160 e. The Balaban J connectivity index is 1.08. The highest BCUT2D eigenvalue weighted by Gasteiger charge is 2.16. The van der Waals surface area contributed by atoms with Gasteiger partial charge in [-0.2, -0.15) is 0 Å². The summed E-state index contributed by atoms with van der Waals surface area (Å²) in [5.74, 6) is 1.36. The molecule has 4 heteroatoms. The van der Waals surface area contributed by atoms with Gasteiger partial charge in [0, 0.05) is 33.0 Å². The maximum Gasteiger partial charge on any atom is 0.160 e. The summed E-state index contributed by atoms with van der Waals surface area (Å²) in [6, 6.07) is 61.5. The van der Waals surface area contributed by atoms with E-state index in [9.17, 15) is 0 Å². The van der Waals surface area contributed by atoms with E-state index < -0.39 is 0 Å². The van der Waals surface area contributed by atoms with Gasteiger partial charge >= 0.3 is 0 Å². The lowest BCUT2D eigenvalue weighted by Crippen LogP contribution is -1.97. The number of fused-ring (bicyclic) bond motifs is 5. The van der Waals surface area contributed by atoms with Crippen LogP contribution in [-0.2, 0) is 0 Å². The summed E-state index contributed by atoms with van der Waals surface area (Å²) >= 11 is 0. The maximum absolute atomic E-state index is 6.31. The van der Waals surface area contributed by atoms with Crippen LogP contribution in [0.3, 0.4) is 0 Å². The molecule has 0 radical (unpaired) electrons. The molecule has 0 saturated carbocycles. The molecule has 7 aromatic carbocycles. The van der Waals surface area contributed by atoms with E-state index >= 15 is 0 Å². The fourth-order valence-corrected chi connectivity index (χ4v) is 7.22. The second kappa shape index (κ2) is 11.4. The molecule has 0 fully saturated rings. The van der Waals surface area contributed by atoms with E-state index in [0.29, 0.717) is 11.6 Å². The van der Waals surface area contributed by atoms with Crippen LogP contribution in [0.5, 0.6) is 0 Å². The molecule has 0 amide bonds. The predicted octanol–water partition coefficient (Wildman–Crippen LogP) is 12.1. The molecule has 3 aromatic heterocycles. The number of benzene rings is 7. The van der Waals surface area contributed by atoms with Gasteiger partial charge in [0.2, 0.25) is 0 Å². The molecule has 0 aliphatic heterocycles. The average molecular weight is 640 g/mol. The molecule has 3 heterocycles. The van der Waals surface area contributed by atoms with Gasteiger partial charge in [-0.3, -0.25) is 0 Å². The first-order chi connectivity index (χ1) is 24.8. The third-order valence-corrected chi connectivity index (χ3v) is 9.65. The van der Waals surface area contributed by atoms with Crippen molar-refractivity contribution in [2.24, 2.45) is 0 Å². The van der Waals surface area contributed by atoms with E-state index in [4.69, 9.17) is 14.4 Å². The average Bonchev–Trinajstić information content (AvgIpc) is 3.78. The van der Waals surface area contributed by atoms with Gasteiger partial charge in [0.25, 0.3) is 0 Å². The van der Waals surface area contributed by atoms with Crippen LogP contribution in [0.4, 0.5) is 0 Å². The number of rotatable bonds is 5. The Labute approximate surface area is 288 Å². The molecule has 10 aromatic rings. The minimum absolute atomic E-state index is 0.643. The summed E-state index contributed by atoms with van der Waals surface area (Å²) in [4.78, 5) is 10.2. The first kappa shape index (κ1) is 28.3. The van der Waals surface area contributed by atoms with Crippen LogP contribution in [0, 0.1) is 0 Å². The fraction of sp³-hybridized carbons (Fsp3) is 0.